The Hall–Kier alpha value is -2.99. The molecule has 3 rings (SSSR count). The van der Waals surface area contributed by atoms with Gasteiger partial charge in [-0.05, 0) is 59.3 Å². The molecule has 0 N–H and O–H groups in total. The summed E-state index contributed by atoms with van der Waals surface area (Å²) in [5.41, 5.74) is 1.65. The minimum atomic E-state index is -0.881. The van der Waals surface area contributed by atoms with Gasteiger partial charge in [0, 0.05) is 20.1 Å². The number of hydrogen-bond donors (Lipinski definition) is 0. The first-order valence-corrected chi connectivity index (χ1v) is 9.29. The molecule has 0 radical (unpaired) electrons. The molecule has 152 valence electrons. The molecule has 0 atom stereocenters. The van der Waals surface area contributed by atoms with Crippen LogP contribution in [0.5, 0.6) is 5.75 Å². The summed E-state index contributed by atoms with van der Waals surface area (Å²) >= 11 is 0. The quantitative estimate of drug-likeness (QED) is 0.598. The molecular formula is C23H24F2N2O2. The number of fused-ring (bicyclic) bond motifs is 1. The molecule has 29 heavy (non-hydrogen) atoms. The summed E-state index contributed by atoms with van der Waals surface area (Å²) in [5.74, 6) is -0.999. The lowest BCUT2D eigenvalue weighted by molar-refractivity contribution is -0.131. The molecule has 0 bridgehead atoms. The van der Waals surface area contributed by atoms with Crippen LogP contribution in [0.2, 0.25) is 0 Å². The second kappa shape index (κ2) is 9.01. The standard InChI is InChI=1S/C23H24F2N2O2/c1-26(13-17-5-9-21(24)22(25)11-17)15-23(28)27(2)14-16-4-6-19-12-20(29-3)8-7-18(19)10-16/h4-12H,13-15H2,1-3H3. The normalized spacial score (nSPS) is 11.1. The van der Waals surface area contributed by atoms with Gasteiger partial charge in [0.15, 0.2) is 11.6 Å². The van der Waals surface area contributed by atoms with Gasteiger partial charge in [-0.2, -0.15) is 0 Å². The van der Waals surface area contributed by atoms with Crippen molar-refractivity contribution in [3.8, 4) is 5.75 Å². The van der Waals surface area contributed by atoms with Crippen molar-refractivity contribution in [1.29, 1.82) is 0 Å². The number of carbonyl (C=O) groups is 1. The Morgan fingerprint density at radius 1 is 0.862 bits per heavy atom. The lowest BCUT2D eigenvalue weighted by atomic mass is 10.1. The van der Waals surface area contributed by atoms with Crippen LogP contribution >= 0.6 is 0 Å². The molecule has 0 unspecified atom stereocenters. The molecule has 6 heteroatoms. The third-order valence-electron chi connectivity index (χ3n) is 4.80. The number of hydrogen-bond acceptors (Lipinski definition) is 3. The third kappa shape index (κ3) is 5.29. The molecule has 0 aliphatic heterocycles. The molecule has 0 aliphatic carbocycles. The highest BCUT2D eigenvalue weighted by Crippen LogP contribution is 2.22. The Morgan fingerprint density at radius 3 is 2.24 bits per heavy atom. The van der Waals surface area contributed by atoms with Crippen LogP contribution in [-0.2, 0) is 17.9 Å². The smallest absolute Gasteiger partial charge is 0.236 e. The fourth-order valence-electron chi connectivity index (χ4n) is 3.22. The molecule has 3 aromatic carbocycles. The van der Waals surface area contributed by atoms with E-state index in [1.54, 1.807) is 31.0 Å². The maximum absolute atomic E-state index is 13.3. The van der Waals surface area contributed by atoms with Crippen LogP contribution in [0, 0.1) is 11.6 Å². The number of nitrogens with zero attached hydrogens (tertiary/aromatic N) is 2. The molecule has 0 fully saturated rings. The first kappa shape index (κ1) is 20.7. The van der Waals surface area contributed by atoms with Crippen molar-refractivity contribution in [3.63, 3.8) is 0 Å². The lowest BCUT2D eigenvalue weighted by Crippen LogP contribution is -2.36. The number of likely N-dealkylation sites (N-methyl/N-ethyl adjacent to an activating group) is 2. The molecule has 4 nitrogen and oxygen atoms in total. The van der Waals surface area contributed by atoms with Crippen molar-refractivity contribution in [1.82, 2.24) is 9.80 Å². The van der Waals surface area contributed by atoms with Gasteiger partial charge in [-0.1, -0.05) is 24.3 Å². The number of halogens is 2. The maximum Gasteiger partial charge on any atom is 0.236 e. The third-order valence-corrected chi connectivity index (χ3v) is 4.80. The van der Waals surface area contributed by atoms with E-state index in [-0.39, 0.29) is 12.5 Å². The number of methoxy groups -OCH3 is 1. The predicted octanol–water partition coefficient (Wildman–Crippen LogP) is 4.22. The monoisotopic (exact) mass is 398 g/mol. The van der Waals surface area contributed by atoms with Gasteiger partial charge >= 0.3 is 0 Å². The van der Waals surface area contributed by atoms with Crippen LogP contribution in [0.4, 0.5) is 8.78 Å². The number of rotatable bonds is 7. The second-order valence-corrected chi connectivity index (χ2v) is 7.22. The highest BCUT2D eigenvalue weighted by Gasteiger charge is 2.13. The van der Waals surface area contributed by atoms with Gasteiger partial charge in [0.1, 0.15) is 5.75 Å². The van der Waals surface area contributed by atoms with Gasteiger partial charge in [0.25, 0.3) is 0 Å². The summed E-state index contributed by atoms with van der Waals surface area (Å²) < 4.78 is 31.6. The minimum Gasteiger partial charge on any atom is -0.497 e. The Morgan fingerprint density at radius 2 is 1.52 bits per heavy atom. The Kier molecular flexibility index (Phi) is 6.44. The largest absolute Gasteiger partial charge is 0.497 e. The summed E-state index contributed by atoms with van der Waals surface area (Å²) in [6, 6.07) is 15.7. The van der Waals surface area contributed by atoms with E-state index >= 15 is 0 Å². The molecule has 1 amide bonds. The average molecular weight is 398 g/mol. The molecule has 0 spiro atoms. The number of carbonyl (C=O) groups excluding carboxylic acids is 1. The zero-order valence-electron chi connectivity index (χ0n) is 16.8. The lowest BCUT2D eigenvalue weighted by Gasteiger charge is -2.22. The average Bonchev–Trinajstić information content (AvgIpc) is 2.70. The summed E-state index contributed by atoms with van der Waals surface area (Å²) in [5, 5.41) is 2.16. The fraction of sp³-hybridized carbons (Fsp3) is 0.261. The molecule has 0 aliphatic rings. The Balaban J connectivity index is 1.59. The zero-order valence-corrected chi connectivity index (χ0v) is 16.8. The van der Waals surface area contributed by atoms with E-state index in [9.17, 15) is 13.6 Å². The fourth-order valence-corrected chi connectivity index (χ4v) is 3.22. The molecular weight excluding hydrogens is 374 g/mol. The predicted molar refractivity (Wildman–Crippen MR) is 110 cm³/mol. The van der Waals surface area contributed by atoms with Crippen LogP contribution in [0.3, 0.4) is 0 Å². The summed E-state index contributed by atoms with van der Waals surface area (Å²) in [6.07, 6.45) is 0. The van der Waals surface area contributed by atoms with Crippen molar-refractivity contribution >= 4 is 16.7 Å². The minimum absolute atomic E-state index is 0.0510. The van der Waals surface area contributed by atoms with Gasteiger partial charge in [-0.25, -0.2) is 8.78 Å². The van der Waals surface area contributed by atoms with Crippen LogP contribution in [0.1, 0.15) is 11.1 Å². The first-order valence-electron chi connectivity index (χ1n) is 9.29. The van der Waals surface area contributed by atoms with Gasteiger partial charge in [-0.15, -0.1) is 0 Å². The van der Waals surface area contributed by atoms with Gasteiger partial charge in [0.05, 0.1) is 13.7 Å². The van der Waals surface area contributed by atoms with E-state index in [2.05, 4.69) is 6.07 Å². The Bertz CT molecular complexity index is 1020. The van der Waals surface area contributed by atoms with Crippen molar-refractivity contribution < 1.29 is 18.3 Å². The van der Waals surface area contributed by atoms with E-state index in [0.717, 1.165) is 34.2 Å². The first-order chi connectivity index (χ1) is 13.9. The summed E-state index contributed by atoms with van der Waals surface area (Å²) in [6.45, 7) is 1.02. The van der Waals surface area contributed by atoms with E-state index < -0.39 is 11.6 Å². The van der Waals surface area contributed by atoms with Crippen molar-refractivity contribution in [2.24, 2.45) is 0 Å². The number of amides is 1. The number of benzene rings is 3. The zero-order chi connectivity index (χ0) is 21.0. The van der Waals surface area contributed by atoms with E-state index in [1.165, 1.54) is 6.07 Å². The maximum atomic E-state index is 13.3. The van der Waals surface area contributed by atoms with Crippen molar-refractivity contribution in [2.45, 2.75) is 13.1 Å². The van der Waals surface area contributed by atoms with E-state index in [0.29, 0.717) is 18.7 Å². The van der Waals surface area contributed by atoms with Gasteiger partial charge in [-0.3, -0.25) is 9.69 Å². The number of ether oxygens (including phenoxy) is 1. The molecule has 0 heterocycles. The highest BCUT2D eigenvalue weighted by atomic mass is 19.2. The molecule has 0 saturated carbocycles. The molecule has 0 saturated heterocycles. The van der Waals surface area contributed by atoms with Crippen LogP contribution in [0.15, 0.2) is 54.6 Å². The van der Waals surface area contributed by atoms with E-state index in [1.807, 2.05) is 30.3 Å². The second-order valence-electron chi connectivity index (χ2n) is 7.22. The van der Waals surface area contributed by atoms with Crippen molar-refractivity contribution in [2.75, 3.05) is 27.7 Å². The van der Waals surface area contributed by atoms with E-state index in [4.69, 9.17) is 4.74 Å². The van der Waals surface area contributed by atoms with Gasteiger partial charge < -0.3 is 9.64 Å². The van der Waals surface area contributed by atoms with Crippen LogP contribution in [0.25, 0.3) is 10.8 Å². The van der Waals surface area contributed by atoms with Crippen LogP contribution < -0.4 is 4.74 Å². The Labute approximate surface area is 169 Å². The SMILES string of the molecule is COc1ccc2cc(CN(C)C(=O)CN(C)Cc3ccc(F)c(F)c3)ccc2c1. The topological polar surface area (TPSA) is 32.8 Å². The van der Waals surface area contributed by atoms with Gasteiger partial charge in [0.2, 0.25) is 5.91 Å². The molecule has 3 aromatic rings. The van der Waals surface area contributed by atoms with Crippen molar-refractivity contribution in [3.05, 3.63) is 77.4 Å². The summed E-state index contributed by atoms with van der Waals surface area (Å²) in [4.78, 5) is 16.0. The molecule has 0 aromatic heterocycles. The highest BCUT2D eigenvalue weighted by molar-refractivity contribution is 5.84. The van der Waals surface area contributed by atoms with Crippen LogP contribution in [-0.4, -0.2) is 43.5 Å². The summed E-state index contributed by atoms with van der Waals surface area (Å²) in [7, 11) is 5.17.